The normalized spacial score (nSPS) is 11.0. The molecule has 0 spiro atoms. The third kappa shape index (κ3) is 5.72. The molecule has 0 aliphatic rings. The molecule has 1 amide bonds. The van der Waals surface area contributed by atoms with Crippen LogP contribution in [0.2, 0.25) is 0 Å². The zero-order chi connectivity index (χ0) is 16.0. The number of aliphatic imine (C=N–C) groups is 1. The molecule has 0 atom stereocenters. The molecule has 0 aliphatic carbocycles. The van der Waals surface area contributed by atoms with E-state index in [9.17, 15) is 18.0 Å². The number of alkyl halides is 3. The number of hydrogen-bond acceptors (Lipinski definition) is 2. The summed E-state index contributed by atoms with van der Waals surface area (Å²) < 4.78 is 40.4. The van der Waals surface area contributed by atoms with E-state index in [0.29, 0.717) is 12.0 Å². The Kier molecular flexibility index (Phi) is 5.57. The molecular weight excluding hydrogens is 287 g/mol. The Hall–Kier alpha value is -2.25. The number of rotatable bonds is 5. The van der Waals surface area contributed by atoms with Crippen LogP contribution in [-0.2, 0) is 6.42 Å². The largest absolute Gasteiger partial charge is 0.573 e. The quantitative estimate of drug-likeness (QED) is 0.645. The van der Waals surface area contributed by atoms with Gasteiger partial charge in [-0.1, -0.05) is 19.4 Å². The molecule has 0 saturated heterocycles. The number of unbranched alkanes of at least 4 members (excludes halogenated alkanes) is 1. The third-order valence-electron chi connectivity index (χ3n) is 2.58. The fraction of sp³-hybridized carbons (Fsp3) is 0.385. The van der Waals surface area contributed by atoms with Crippen LogP contribution < -0.4 is 16.2 Å². The van der Waals surface area contributed by atoms with Gasteiger partial charge in [0.2, 0.25) is 0 Å². The standard InChI is InChI=1S/C13H16F3N3O2/c1-2-3-4-8-5-6-9(21-13(14,15)16)7-10(8)11(20)19-12(17)18/h5-7H,2-4H2,1H3,(H4,17,18,19,20). The molecule has 116 valence electrons. The van der Waals surface area contributed by atoms with Crippen LogP contribution in [-0.4, -0.2) is 18.2 Å². The summed E-state index contributed by atoms with van der Waals surface area (Å²) in [6, 6.07) is 3.56. The lowest BCUT2D eigenvalue weighted by molar-refractivity contribution is -0.274. The molecule has 0 heterocycles. The number of benzene rings is 1. The van der Waals surface area contributed by atoms with Gasteiger partial charge in [-0.3, -0.25) is 4.79 Å². The first-order valence-corrected chi connectivity index (χ1v) is 6.25. The highest BCUT2D eigenvalue weighted by Crippen LogP contribution is 2.26. The molecule has 0 aromatic heterocycles. The van der Waals surface area contributed by atoms with Gasteiger partial charge >= 0.3 is 6.36 Å². The summed E-state index contributed by atoms with van der Waals surface area (Å²) in [5.41, 5.74) is 10.8. The maximum absolute atomic E-state index is 12.2. The van der Waals surface area contributed by atoms with Crippen molar-refractivity contribution < 1.29 is 22.7 Å². The highest BCUT2D eigenvalue weighted by Gasteiger charge is 2.31. The van der Waals surface area contributed by atoms with Gasteiger partial charge in [0.25, 0.3) is 5.91 Å². The number of ether oxygens (including phenoxy) is 1. The van der Waals surface area contributed by atoms with E-state index >= 15 is 0 Å². The first-order valence-electron chi connectivity index (χ1n) is 6.25. The molecule has 1 aromatic rings. The first-order chi connectivity index (χ1) is 9.73. The van der Waals surface area contributed by atoms with Crippen LogP contribution in [0.15, 0.2) is 23.2 Å². The van der Waals surface area contributed by atoms with E-state index in [1.165, 1.54) is 6.07 Å². The van der Waals surface area contributed by atoms with Gasteiger partial charge in [-0.05, 0) is 30.5 Å². The number of aryl methyl sites for hydroxylation is 1. The molecule has 0 unspecified atom stereocenters. The van der Waals surface area contributed by atoms with Crippen LogP contribution in [0.25, 0.3) is 0 Å². The number of amides is 1. The number of hydrogen-bond donors (Lipinski definition) is 2. The van der Waals surface area contributed by atoms with E-state index in [0.717, 1.165) is 25.0 Å². The van der Waals surface area contributed by atoms with Crippen molar-refractivity contribution in [2.45, 2.75) is 32.5 Å². The van der Waals surface area contributed by atoms with Crippen molar-refractivity contribution in [3.8, 4) is 5.75 Å². The molecule has 0 saturated carbocycles. The Labute approximate surface area is 119 Å². The van der Waals surface area contributed by atoms with Gasteiger partial charge in [-0.25, -0.2) is 0 Å². The SMILES string of the molecule is CCCCc1ccc(OC(F)(F)F)cc1C(=O)N=C(N)N. The maximum atomic E-state index is 12.2. The molecule has 1 aromatic carbocycles. The molecule has 4 N–H and O–H groups in total. The smallest absolute Gasteiger partial charge is 0.406 e. The second-order valence-electron chi connectivity index (χ2n) is 4.31. The summed E-state index contributed by atoms with van der Waals surface area (Å²) >= 11 is 0. The number of guanidine groups is 1. The van der Waals surface area contributed by atoms with E-state index in [2.05, 4.69) is 9.73 Å². The summed E-state index contributed by atoms with van der Waals surface area (Å²) in [4.78, 5) is 15.2. The van der Waals surface area contributed by atoms with Crippen LogP contribution in [0.1, 0.15) is 35.7 Å². The molecule has 0 aliphatic heterocycles. The highest BCUT2D eigenvalue weighted by molar-refractivity contribution is 6.03. The molecular formula is C13H16F3N3O2. The van der Waals surface area contributed by atoms with E-state index in [-0.39, 0.29) is 5.56 Å². The first kappa shape index (κ1) is 16.8. The lowest BCUT2D eigenvalue weighted by Gasteiger charge is -2.12. The van der Waals surface area contributed by atoms with Gasteiger partial charge in [0, 0.05) is 5.56 Å². The highest BCUT2D eigenvalue weighted by atomic mass is 19.4. The van der Waals surface area contributed by atoms with Gasteiger partial charge in [-0.15, -0.1) is 13.2 Å². The van der Waals surface area contributed by atoms with Crippen LogP contribution in [0.3, 0.4) is 0 Å². The molecule has 1 rings (SSSR count). The van der Waals surface area contributed by atoms with E-state index < -0.39 is 24.0 Å². The summed E-state index contributed by atoms with van der Waals surface area (Å²) in [6.07, 6.45) is -2.65. The van der Waals surface area contributed by atoms with Crippen LogP contribution in [0.4, 0.5) is 13.2 Å². The lowest BCUT2D eigenvalue weighted by atomic mass is 10.0. The molecule has 0 radical (unpaired) electrons. The monoisotopic (exact) mass is 303 g/mol. The number of halogens is 3. The molecule has 8 heteroatoms. The molecule has 0 bridgehead atoms. The van der Waals surface area contributed by atoms with Crippen LogP contribution in [0.5, 0.6) is 5.75 Å². The Morgan fingerprint density at radius 1 is 1.33 bits per heavy atom. The van der Waals surface area contributed by atoms with Crippen molar-refractivity contribution in [2.24, 2.45) is 16.5 Å². The zero-order valence-electron chi connectivity index (χ0n) is 11.4. The predicted molar refractivity (Wildman–Crippen MR) is 71.9 cm³/mol. The van der Waals surface area contributed by atoms with Crippen molar-refractivity contribution in [1.82, 2.24) is 0 Å². The number of nitrogens with zero attached hydrogens (tertiary/aromatic N) is 1. The average molecular weight is 303 g/mol. The van der Waals surface area contributed by atoms with Crippen LogP contribution in [0, 0.1) is 0 Å². The van der Waals surface area contributed by atoms with Crippen molar-refractivity contribution in [3.63, 3.8) is 0 Å². The van der Waals surface area contributed by atoms with Gasteiger partial charge in [-0.2, -0.15) is 4.99 Å². The summed E-state index contributed by atoms with van der Waals surface area (Å²) in [5.74, 6) is -1.74. The number of nitrogens with two attached hydrogens (primary N) is 2. The number of carbonyl (C=O) groups is 1. The average Bonchev–Trinajstić information content (AvgIpc) is 2.34. The van der Waals surface area contributed by atoms with Gasteiger partial charge in [0.1, 0.15) is 5.75 Å². The minimum absolute atomic E-state index is 0.00130. The minimum atomic E-state index is -4.83. The Morgan fingerprint density at radius 3 is 2.52 bits per heavy atom. The molecule has 21 heavy (non-hydrogen) atoms. The van der Waals surface area contributed by atoms with Crippen molar-refractivity contribution in [2.75, 3.05) is 0 Å². The Morgan fingerprint density at radius 2 is 2.00 bits per heavy atom. The second kappa shape index (κ2) is 6.96. The fourth-order valence-corrected chi connectivity index (χ4v) is 1.71. The predicted octanol–water partition coefficient (Wildman–Crippen LogP) is 2.34. The van der Waals surface area contributed by atoms with Gasteiger partial charge in [0.05, 0.1) is 0 Å². The third-order valence-corrected chi connectivity index (χ3v) is 2.58. The van der Waals surface area contributed by atoms with Crippen molar-refractivity contribution >= 4 is 11.9 Å². The van der Waals surface area contributed by atoms with Crippen molar-refractivity contribution in [1.29, 1.82) is 0 Å². The minimum Gasteiger partial charge on any atom is -0.406 e. The topological polar surface area (TPSA) is 90.7 Å². The van der Waals surface area contributed by atoms with E-state index in [4.69, 9.17) is 11.5 Å². The Balaban J connectivity index is 3.16. The van der Waals surface area contributed by atoms with Gasteiger partial charge < -0.3 is 16.2 Å². The summed E-state index contributed by atoms with van der Waals surface area (Å²) in [6.45, 7) is 1.96. The Bertz CT molecular complexity index is 538. The fourth-order valence-electron chi connectivity index (χ4n) is 1.71. The van der Waals surface area contributed by atoms with Gasteiger partial charge in [0.15, 0.2) is 5.96 Å². The molecule has 0 fully saturated rings. The number of carbonyl (C=O) groups excluding carboxylic acids is 1. The summed E-state index contributed by atoms with van der Waals surface area (Å²) in [5, 5.41) is 0. The second-order valence-corrected chi connectivity index (χ2v) is 4.31. The van der Waals surface area contributed by atoms with Crippen molar-refractivity contribution in [3.05, 3.63) is 29.3 Å². The summed E-state index contributed by atoms with van der Waals surface area (Å²) in [7, 11) is 0. The molecule has 5 nitrogen and oxygen atoms in total. The van der Waals surface area contributed by atoms with Crippen LogP contribution >= 0.6 is 0 Å². The van der Waals surface area contributed by atoms with E-state index in [1.807, 2.05) is 6.92 Å². The lowest BCUT2D eigenvalue weighted by Crippen LogP contribution is -2.24. The maximum Gasteiger partial charge on any atom is 0.573 e. The zero-order valence-corrected chi connectivity index (χ0v) is 11.4. The van der Waals surface area contributed by atoms with E-state index in [1.54, 1.807) is 0 Å².